The lowest BCUT2D eigenvalue weighted by Gasteiger charge is -2.25. The smallest absolute Gasteiger partial charge is 0.461 e. The van der Waals surface area contributed by atoms with Gasteiger partial charge in [0.05, 0.1) is 16.4 Å². The summed E-state index contributed by atoms with van der Waals surface area (Å²) < 4.78 is 27.6. The minimum atomic E-state index is -1.23. The van der Waals surface area contributed by atoms with Crippen molar-refractivity contribution in [1.82, 2.24) is 0 Å². The standard InChI is InChI=1S/C31H30O9S/c1-19-9-13-23(14-10-19)28(33)36-18-25-26(39-29(34)24-15-11-20(2)12-16-24)27(30(41-25)38-21(3)32)40-31(35)37-17-22-7-5-4-6-8-22/h4-16,25-27,30H,17-18H2,1-3H3/t25-,26+,27+,30?/m0/s1. The number of carbonyl (C=O) groups is 4. The Kier molecular flexibility index (Phi) is 10.0. The first-order valence-corrected chi connectivity index (χ1v) is 13.9. The summed E-state index contributed by atoms with van der Waals surface area (Å²) >= 11 is 1.06. The number of hydrogen-bond donors (Lipinski definition) is 0. The van der Waals surface area contributed by atoms with Gasteiger partial charge in [0.1, 0.15) is 13.2 Å². The van der Waals surface area contributed by atoms with Gasteiger partial charge in [-0.05, 0) is 43.7 Å². The van der Waals surface area contributed by atoms with Crippen molar-refractivity contribution in [3.8, 4) is 0 Å². The van der Waals surface area contributed by atoms with E-state index in [0.29, 0.717) is 5.56 Å². The molecule has 0 spiro atoms. The topological polar surface area (TPSA) is 114 Å². The number of esters is 3. The van der Waals surface area contributed by atoms with Crippen LogP contribution in [0.15, 0.2) is 78.9 Å². The van der Waals surface area contributed by atoms with Crippen molar-refractivity contribution < 1.29 is 42.9 Å². The van der Waals surface area contributed by atoms with Crippen LogP contribution in [0.25, 0.3) is 0 Å². The number of benzene rings is 3. The largest absolute Gasteiger partial charge is 0.509 e. The van der Waals surface area contributed by atoms with Crippen LogP contribution in [0.3, 0.4) is 0 Å². The summed E-state index contributed by atoms with van der Waals surface area (Å²) in [5.74, 6) is -1.89. The number of thioether (sulfide) groups is 1. The molecule has 4 rings (SSSR count). The van der Waals surface area contributed by atoms with Gasteiger partial charge in [-0.15, -0.1) is 11.8 Å². The molecular formula is C31H30O9S. The number of hydrogen-bond acceptors (Lipinski definition) is 10. The first kappa shape index (κ1) is 29.7. The minimum absolute atomic E-state index is 0.0524. The summed E-state index contributed by atoms with van der Waals surface area (Å²) in [6.45, 7) is 4.74. The Bertz CT molecular complexity index is 1360. The van der Waals surface area contributed by atoms with Gasteiger partial charge in [0, 0.05) is 6.92 Å². The molecule has 3 aromatic rings. The van der Waals surface area contributed by atoms with Crippen molar-refractivity contribution in [2.24, 2.45) is 0 Å². The lowest BCUT2D eigenvalue weighted by Crippen LogP contribution is -2.42. The number of carbonyl (C=O) groups excluding carboxylic acids is 4. The Hall–Kier alpha value is -4.31. The van der Waals surface area contributed by atoms with Crippen molar-refractivity contribution in [3.05, 3.63) is 107 Å². The number of ether oxygens (including phenoxy) is 5. The molecule has 41 heavy (non-hydrogen) atoms. The molecule has 0 radical (unpaired) electrons. The van der Waals surface area contributed by atoms with Crippen LogP contribution < -0.4 is 0 Å². The summed E-state index contributed by atoms with van der Waals surface area (Å²) in [6.07, 6.45) is -3.40. The molecule has 4 atom stereocenters. The molecule has 9 nitrogen and oxygen atoms in total. The molecule has 0 aromatic heterocycles. The molecule has 1 aliphatic rings. The van der Waals surface area contributed by atoms with Crippen LogP contribution in [0.2, 0.25) is 0 Å². The normalized spacial score (nSPS) is 19.6. The Morgan fingerprint density at radius 1 is 0.683 bits per heavy atom. The van der Waals surface area contributed by atoms with Crippen LogP contribution in [-0.2, 0) is 35.1 Å². The van der Waals surface area contributed by atoms with Gasteiger partial charge in [-0.3, -0.25) is 4.79 Å². The van der Waals surface area contributed by atoms with E-state index >= 15 is 0 Å². The van der Waals surface area contributed by atoms with E-state index in [1.165, 1.54) is 6.92 Å². The molecule has 0 N–H and O–H groups in total. The summed E-state index contributed by atoms with van der Waals surface area (Å²) in [6, 6.07) is 22.6. The fourth-order valence-electron chi connectivity index (χ4n) is 4.03. The van der Waals surface area contributed by atoms with Crippen LogP contribution in [0, 0.1) is 13.8 Å². The van der Waals surface area contributed by atoms with E-state index in [1.54, 1.807) is 72.8 Å². The highest BCUT2D eigenvalue weighted by Gasteiger charge is 2.52. The first-order chi connectivity index (χ1) is 19.7. The molecule has 0 saturated carbocycles. The maximum atomic E-state index is 13.1. The van der Waals surface area contributed by atoms with Gasteiger partial charge in [-0.1, -0.05) is 65.7 Å². The highest BCUT2D eigenvalue weighted by atomic mass is 32.2. The van der Waals surface area contributed by atoms with Gasteiger partial charge in [0.25, 0.3) is 0 Å². The Balaban J connectivity index is 1.53. The number of rotatable bonds is 9. The van der Waals surface area contributed by atoms with E-state index < -0.39 is 47.0 Å². The molecule has 1 fully saturated rings. The zero-order valence-electron chi connectivity index (χ0n) is 22.8. The number of aryl methyl sites for hydroxylation is 2. The third-order valence-corrected chi connectivity index (χ3v) is 7.56. The van der Waals surface area contributed by atoms with E-state index in [0.717, 1.165) is 28.5 Å². The molecule has 1 unspecified atom stereocenters. The minimum Gasteiger partial charge on any atom is -0.461 e. The highest BCUT2D eigenvalue weighted by molar-refractivity contribution is 8.00. The Morgan fingerprint density at radius 2 is 1.27 bits per heavy atom. The third kappa shape index (κ3) is 8.34. The summed E-state index contributed by atoms with van der Waals surface area (Å²) in [5, 5.41) is -0.727. The molecule has 1 saturated heterocycles. The van der Waals surface area contributed by atoms with Crippen LogP contribution >= 0.6 is 11.8 Å². The van der Waals surface area contributed by atoms with Crippen LogP contribution in [0.5, 0.6) is 0 Å². The zero-order valence-corrected chi connectivity index (χ0v) is 23.6. The zero-order chi connectivity index (χ0) is 29.4. The van der Waals surface area contributed by atoms with Gasteiger partial charge in [-0.2, -0.15) is 0 Å². The van der Waals surface area contributed by atoms with Crippen LogP contribution in [-0.4, -0.2) is 53.6 Å². The fourth-order valence-corrected chi connectivity index (χ4v) is 5.44. The second-order valence-corrected chi connectivity index (χ2v) is 10.8. The highest BCUT2D eigenvalue weighted by Crippen LogP contribution is 2.40. The van der Waals surface area contributed by atoms with E-state index in [2.05, 4.69) is 0 Å². The molecule has 3 aromatic carbocycles. The summed E-state index contributed by atoms with van der Waals surface area (Å²) in [7, 11) is 0. The lowest BCUT2D eigenvalue weighted by molar-refractivity contribution is -0.149. The first-order valence-electron chi connectivity index (χ1n) is 12.9. The van der Waals surface area contributed by atoms with E-state index in [9.17, 15) is 19.2 Å². The maximum absolute atomic E-state index is 13.1. The molecule has 10 heteroatoms. The molecule has 1 aliphatic heterocycles. The average molecular weight is 579 g/mol. The van der Waals surface area contributed by atoms with Crippen molar-refractivity contribution in [2.75, 3.05) is 6.61 Å². The Morgan fingerprint density at radius 3 is 1.85 bits per heavy atom. The van der Waals surface area contributed by atoms with Crippen LogP contribution in [0.1, 0.15) is 44.3 Å². The average Bonchev–Trinajstić information content (AvgIpc) is 3.26. The molecule has 0 amide bonds. The molecule has 1 heterocycles. The second kappa shape index (κ2) is 13.8. The summed E-state index contributed by atoms with van der Waals surface area (Å²) in [4.78, 5) is 50.4. The second-order valence-electron chi connectivity index (χ2n) is 9.46. The third-order valence-electron chi connectivity index (χ3n) is 6.18. The van der Waals surface area contributed by atoms with E-state index in [4.69, 9.17) is 23.7 Å². The van der Waals surface area contributed by atoms with Gasteiger partial charge >= 0.3 is 24.1 Å². The van der Waals surface area contributed by atoms with Gasteiger partial charge in [0.2, 0.25) is 0 Å². The molecular weight excluding hydrogens is 548 g/mol. The summed E-state index contributed by atoms with van der Waals surface area (Å²) in [5.41, 5.74) is 2.26. The Labute approximate surface area is 242 Å². The molecule has 0 aliphatic carbocycles. The van der Waals surface area contributed by atoms with Gasteiger partial charge in [0.15, 0.2) is 17.6 Å². The van der Waals surface area contributed by atoms with Crippen LogP contribution in [0.4, 0.5) is 4.79 Å². The van der Waals surface area contributed by atoms with Crippen molar-refractivity contribution >= 4 is 35.8 Å². The van der Waals surface area contributed by atoms with Crippen molar-refractivity contribution in [2.45, 2.75) is 50.3 Å². The van der Waals surface area contributed by atoms with E-state index in [-0.39, 0.29) is 18.8 Å². The quantitative estimate of drug-likeness (QED) is 0.241. The lowest BCUT2D eigenvalue weighted by atomic mass is 10.1. The van der Waals surface area contributed by atoms with E-state index in [1.807, 2.05) is 19.9 Å². The predicted molar refractivity (Wildman–Crippen MR) is 150 cm³/mol. The van der Waals surface area contributed by atoms with Crippen molar-refractivity contribution in [1.29, 1.82) is 0 Å². The molecule has 214 valence electrons. The van der Waals surface area contributed by atoms with Gasteiger partial charge < -0.3 is 23.7 Å². The van der Waals surface area contributed by atoms with Crippen molar-refractivity contribution in [3.63, 3.8) is 0 Å². The SMILES string of the molecule is CC(=O)OC1S[C@@H](COC(=O)c2ccc(C)cc2)[C@@H](OC(=O)c2ccc(C)cc2)[C@H]1OC(=O)OCc1ccccc1. The predicted octanol–water partition coefficient (Wildman–Crippen LogP) is 5.41. The maximum Gasteiger partial charge on any atom is 0.509 e. The van der Waals surface area contributed by atoms with Gasteiger partial charge in [-0.25, -0.2) is 14.4 Å². The fraction of sp³-hybridized carbons (Fsp3) is 0.290. The monoisotopic (exact) mass is 578 g/mol. The molecule has 0 bridgehead atoms.